The second-order valence-electron chi connectivity index (χ2n) is 4.66. The van der Waals surface area contributed by atoms with Gasteiger partial charge in [-0.05, 0) is 19.3 Å². The predicted molar refractivity (Wildman–Crippen MR) is 50.7 cm³/mol. The number of hydrogen-bond acceptors (Lipinski definition) is 4. The van der Waals surface area contributed by atoms with Gasteiger partial charge in [0.15, 0.2) is 0 Å². The summed E-state index contributed by atoms with van der Waals surface area (Å²) in [5, 5.41) is 0. The summed E-state index contributed by atoms with van der Waals surface area (Å²) in [4.78, 5) is 11.7. The first kappa shape index (κ1) is 9.93. The molecule has 2 rings (SSSR count). The Kier molecular flexibility index (Phi) is 2.27. The SMILES string of the molecule is COC(=O)C12CCCC(N)(COC1)C2. The van der Waals surface area contributed by atoms with Crippen molar-refractivity contribution in [1.29, 1.82) is 0 Å². The van der Waals surface area contributed by atoms with Crippen LogP contribution in [0.25, 0.3) is 0 Å². The Balaban J connectivity index is 2.22. The fourth-order valence-electron chi connectivity index (χ4n) is 2.78. The summed E-state index contributed by atoms with van der Waals surface area (Å²) in [6.45, 7) is 1.05. The van der Waals surface area contributed by atoms with Crippen molar-refractivity contribution in [1.82, 2.24) is 0 Å². The van der Waals surface area contributed by atoms with E-state index < -0.39 is 5.41 Å². The van der Waals surface area contributed by atoms with Gasteiger partial charge in [-0.3, -0.25) is 4.79 Å². The number of esters is 1. The van der Waals surface area contributed by atoms with Crippen LogP contribution >= 0.6 is 0 Å². The number of carbonyl (C=O) groups excluding carboxylic acids is 1. The number of fused-ring (bicyclic) bond motifs is 2. The number of carbonyl (C=O) groups is 1. The predicted octanol–water partition coefficient (Wildman–Crippen LogP) is 0.448. The lowest BCUT2D eigenvalue weighted by molar-refractivity contribution is -0.171. The molecule has 0 spiro atoms. The number of nitrogens with two attached hydrogens (primary N) is 1. The molecular weight excluding hydrogens is 182 g/mol. The van der Waals surface area contributed by atoms with E-state index in [1.54, 1.807) is 0 Å². The van der Waals surface area contributed by atoms with Gasteiger partial charge in [-0.15, -0.1) is 0 Å². The topological polar surface area (TPSA) is 61.5 Å². The van der Waals surface area contributed by atoms with Gasteiger partial charge < -0.3 is 15.2 Å². The number of methoxy groups -OCH3 is 1. The van der Waals surface area contributed by atoms with E-state index in [-0.39, 0.29) is 11.5 Å². The Hall–Kier alpha value is -0.610. The molecular formula is C10H17NO3. The Morgan fingerprint density at radius 3 is 2.93 bits per heavy atom. The summed E-state index contributed by atoms with van der Waals surface area (Å²) in [6.07, 6.45) is 3.51. The van der Waals surface area contributed by atoms with Crippen molar-refractivity contribution >= 4 is 5.97 Å². The van der Waals surface area contributed by atoms with Gasteiger partial charge in [0.05, 0.1) is 25.7 Å². The van der Waals surface area contributed by atoms with Crippen LogP contribution < -0.4 is 5.73 Å². The molecule has 4 nitrogen and oxygen atoms in total. The van der Waals surface area contributed by atoms with E-state index in [0.717, 1.165) is 19.3 Å². The summed E-state index contributed by atoms with van der Waals surface area (Å²) in [6, 6.07) is 0. The maximum Gasteiger partial charge on any atom is 0.314 e. The van der Waals surface area contributed by atoms with Crippen molar-refractivity contribution in [3.05, 3.63) is 0 Å². The maximum atomic E-state index is 11.7. The molecule has 2 aliphatic rings. The van der Waals surface area contributed by atoms with E-state index in [1.165, 1.54) is 7.11 Å². The second kappa shape index (κ2) is 3.21. The molecule has 2 unspecified atom stereocenters. The van der Waals surface area contributed by atoms with Crippen molar-refractivity contribution in [2.75, 3.05) is 20.3 Å². The molecule has 1 aliphatic heterocycles. The van der Waals surface area contributed by atoms with Crippen molar-refractivity contribution in [3.63, 3.8) is 0 Å². The highest BCUT2D eigenvalue weighted by Crippen LogP contribution is 2.44. The molecule has 14 heavy (non-hydrogen) atoms. The molecule has 2 N–H and O–H groups in total. The minimum Gasteiger partial charge on any atom is -0.469 e. The number of ether oxygens (including phenoxy) is 2. The summed E-state index contributed by atoms with van der Waals surface area (Å²) >= 11 is 0. The summed E-state index contributed by atoms with van der Waals surface area (Å²) in [7, 11) is 1.43. The quantitative estimate of drug-likeness (QED) is 0.623. The highest BCUT2D eigenvalue weighted by molar-refractivity contribution is 5.77. The van der Waals surface area contributed by atoms with Gasteiger partial charge in [0, 0.05) is 5.54 Å². The fraction of sp³-hybridized carbons (Fsp3) is 0.900. The third-order valence-electron chi connectivity index (χ3n) is 3.41. The second-order valence-corrected chi connectivity index (χ2v) is 4.66. The molecule has 0 aromatic heterocycles. The van der Waals surface area contributed by atoms with Gasteiger partial charge in [0.25, 0.3) is 0 Å². The van der Waals surface area contributed by atoms with Crippen LogP contribution in [0, 0.1) is 5.41 Å². The molecule has 1 aliphatic carbocycles. The average molecular weight is 199 g/mol. The van der Waals surface area contributed by atoms with E-state index in [2.05, 4.69) is 0 Å². The molecule has 2 fully saturated rings. The largest absolute Gasteiger partial charge is 0.469 e. The molecule has 2 atom stereocenters. The van der Waals surface area contributed by atoms with Crippen LogP contribution in [0.5, 0.6) is 0 Å². The zero-order valence-electron chi connectivity index (χ0n) is 8.54. The van der Waals surface area contributed by atoms with Crippen LogP contribution in [0.15, 0.2) is 0 Å². The van der Waals surface area contributed by atoms with Crippen molar-refractivity contribution in [2.45, 2.75) is 31.2 Å². The van der Waals surface area contributed by atoms with E-state index in [9.17, 15) is 4.79 Å². The van der Waals surface area contributed by atoms with Crippen molar-refractivity contribution in [3.8, 4) is 0 Å². The van der Waals surface area contributed by atoms with Crippen LogP contribution in [0.3, 0.4) is 0 Å². The zero-order valence-corrected chi connectivity index (χ0v) is 8.54. The van der Waals surface area contributed by atoms with Gasteiger partial charge in [-0.25, -0.2) is 0 Å². The lowest BCUT2D eigenvalue weighted by Crippen LogP contribution is -2.59. The van der Waals surface area contributed by atoms with Crippen LogP contribution in [0.2, 0.25) is 0 Å². The van der Waals surface area contributed by atoms with E-state index in [4.69, 9.17) is 15.2 Å². The molecule has 80 valence electrons. The van der Waals surface area contributed by atoms with Gasteiger partial charge in [-0.1, -0.05) is 6.42 Å². The van der Waals surface area contributed by atoms with Gasteiger partial charge in [0.2, 0.25) is 0 Å². The molecule has 1 saturated heterocycles. The highest BCUT2D eigenvalue weighted by atomic mass is 16.5. The van der Waals surface area contributed by atoms with Crippen LogP contribution in [-0.2, 0) is 14.3 Å². The standard InChI is InChI=1S/C10H17NO3/c1-13-8(12)9-3-2-4-10(11,5-9)7-14-6-9/h2-7,11H2,1H3. The molecule has 1 saturated carbocycles. The summed E-state index contributed by atoms with van der Waals surface area (Å²) in [5.74, 6) is -0.160. The minimum absolute atomic E-state index is 0.160. The highest BCUT2D eigenvalue weighted by Gasteiger charge is 2.51. The van der Waals surface area contributed by atoms with Crippen molar-refractivity contribution < 1.29 is 14.3 Å². The summed E-state index contributed by atoms with van der Waals surface area (Å²) in [5.41, 5.74) is 5.39. The first-order valence-electron chi connectivity index (χ1n) is 5.05. The molecule has 0 aromatic carbocycles. The van der Waals surface area contributed by atoms with Crippen LogP contribution in [-0.4, -0.2) is 31.8 Å². The molecule has 4 heteroatoms. The smallest absolute Gasteiger partial charge is 0.314 e. The van der Waals surface area contributed by atoms with Gasteiger partial charge >= 0.3 is 5.97 Å². The summed E-state index contributed by atoms with van der Waals surface area (Å²) < 4.78 is 10.3. The minimum atomic E-state index is -0.458. The first-order chi connectivity index (χ1) is 6.60. The Labute approximate surface area is 83.7 Å². The Morgan fingerprint density at radius 2 is 2.21 bits per heavy atom. The lowest BCUT2D eigenvalue weighted by Gasteiger charge is -2.48. The number of hydrogen-bond donors (Lipinski definition) is 1. The number of rotatable bonds is 1. The van der Waals surface area contributed by atoms with Crippen LogP contribution in [0.1, 0.15) is 25.7 Å². The molecule has 1 heterocycles. The van der Waals surface area contributed by atoms with Gasteiger partial charge in [-0.2, -0.15) is 0 Å². The van der Waals surface area contributed by atoms with E-state index in [1.807, 2.05) is 0 Å². The normalized spacial score (nSPS) is 41.9. The molecule has 0 amide bonds. The average Bonchev–Trinajstić information content (AvgIpc) is 2.15. The molecule has 2 bridgehead atoms. The van der Waals surface area contributed by atoms with Gasteiger partial charge in [0.1, 0.15) is 0 Å². The monoisotopic (exact) mass is 199 g/mol. The Bertz CT molecular complexity index is 242. The van der Waals surface area contributed by atoms with Crippen LogP contribution in [0.4, 0.5) is 0 Å². The third-order valence-corrected chi connectivity index (χ3v) is 3.41. The molecule has 0 radical (unpaired) electrons. The first-order valence-corrected chi connectivity index (χ1v) is 5.05. The maximum absolute atomic E-state index is 11.7. The lowest BCUT2D eigenvalue weighted by atomic mass is 9.65. The molecule has 0 aromatic rings. The fourth-order valence-corrected chi connectivity index (χ4v) is 2.78. The van der Waals surface area contributed by atoms with Crippen molar-refractivity contribution in [2.24, 2.45) is 11.1 Å². The zero-order chi connectivity index (χ0) is 10.2. The third kappa shape index (κ3) is 1.42. The van der Waals surface area contributed by atoms with E-state index >= 15 is 0 Å². The Morgan fingerprint density at radius 1 is 1.43 bits per heavy atom. The van der Waals surface area contributed by atoms with E-state index in [0.29, 0.717) is 19.6 Å².